The first-order chi connectivity index (χ1) is 7.50. The monoisotopic (exact) mass is 232 g/mol. The Morgan fingerprint density at radius 1 is 1.31 bits per heavy atom. The molecule has 0 aromatic heterocycles. The van der Waals surface area contributed by atoms with E-state index < -0.39 is 11.6 Å². The number of hydrogen-bond acceptors (Lipinski definition) is 5. The molecule has 0 aromatic rings. The zero-order valence-corrected chi connectivity index (χ0v) is 9.90. The third kappa shape index (κ3) is 4.92. The van der Waals surface area contributed by atoms with Crippen LogP contribution in [0, 0.1) is 0 Å². The van der Waals surface area contributed by atoms with Gasteiger partial charge in [-0.25, -0.2) is 4.79 Å². The van der Waals surface area contributed by atoms with Crippen LogP contribution in [-0.4, -0.2) is 49.2 Å². The molecule has 0 radical (unpaired) electrons. The third-order valence-electron chi connectivity index (χ3n) is 2.24. The van der Waals surface area contributed by atoms with E-state index in [1.54, 1.807) is 0 Å². The molecule has 1 aliphatic heterocycles. The van der Waals surface area contributed by atoms with Gasteiger partial charge in [0.15, 0.2) is 5.60 Å². The van der Waals surface area contributed by atoms with Gasteiger partial charge in [-0.3, -0.25) is 0 Å². The van der Waals surface area contributed by atoms with Crippen LogP contribution in [0.25, 0.3) is 0 Å². The van der Waals surface area contributed by atoms with E-state index in [4.69, 9.17) is 14.2 Å². The van der Waals surface area contributed by atoms with Crippen molar-refractivity contribution in [2.45, 2.75) is 38.4 Å². The Morgan fingerprint density at radius 2 is 2.00 bits per heavy atom. The largest absolute Gasteiger partial charge is 0.458 e. The normalized spacial score (nSPS) is 24.1. The van der Waals surface area contributed by atoms with Gasteiger partial charge < -0.3 is 19.3 Å². The molecule has 1 atom stereocenters. The fourth-order valence-corrected chi connectivity index (χ4v) is 1.27. The Bertz CT molecular complexity index is 211. The minimum absolute atomic E-state index is 0.336. The van der Waals surface area contributed by atoms with Crippen molar-refractivity contribution in [1.82, 2.24) is 0 Å². The van der Waals surface area contributed by atoms with Crippen LogP contribution >= 0.6 is 0 Å². The van der Waals surface area contributed by atoms with Crippen LogP contribution in [0.2, 0.25) is 0 Å². The molecule has 1 heterocycles. The topological polar surface area (TPSA) is 65.0 Å². The summed E-state index contributed by atoms with van der Waals surface area (Å²) >= 11 is 0. The van der Waals surface area contributed by atoms with E-state index >= 15 is 0 Å². The molecule has 1 N–H and O–H groups in total. The van der Waals surface area contributed by atoms with Gasteiger partial charge >= 0.3 is 5.97 Å². The minimum Gasteiger partial charge on any atom is -0.458 e. The van der Waals surface area contributed by atoms with Gasteiger partial charge in [-0.15, -0.1) is 0 Å². The molecular formula is C11H20O5. The van der Waals surface area contributed by atoms with Gasteiger partial charge in [0.25, 0.3) is 0 Å². The molecule has 0 aromatic carbocycles. The van der Waals surface area contributed by atoms with Crippen LogP contribution in [-0.2, 0) is 19.0 Å². The Labute approximate surface area is 95.7 Å². The van der Waals surface area contributed by atoms with Crippen molar-refractivity contribution in [3.8, 4) is 0 Å². The van der Waals surface area contributed by atoms with Gasteiger partial charge in [-0.1, -0.05) is 0 Å². The molecule has 1 saturated heterocycles. The Balaban J connectivity index is 2.40. The van der Waals surface area contributed by atoms with Gasteiger partial charge in [0.05, 0.1) is 13.2 Å². The number of carbonyl (C=O) groups excluding carboxylic acids is 1. The predicted octanol–water partition coefficient (Wildman–Crippen LogP) is 0.496. The van der Waals surface area contributed by atoms with Gasteiger partial charge in [0.2, 0.25) is 0 Å². The molecule has 1 aliphatic rings. The summed E-state index contributed by atoms with van der Waals surface area (Å²) in [6.07, 6.45) is 1.12. The summed E-state index contributed by atoms with van der Waals surface area (Å²) in [5.74, 6) is -0.625. The lowest BCUT2D eigenvalue weighted by Crippen LogP contribution is -2.37. The molecule has 16 heavy (non-hydrogen) atoms. The second kappa shape index (κ2) is 6.18. The number of aliphatic hydroxyl groups is 1. The zero-order valence-electron chi connectivity index (χ0n) is 9.90. The molecule has 5 heteroatoms. The Kier molecular flexibility index (Phi) is 5.18. The van der Waals surface area contributed by atoms with Gasteiger partial charge in [-0.05, 0) is 20.3 Å². The van der Waals surface area contributed by atoms with E-state index in [0.29, 0.717) is 32.8 Å². The van der Waals surface area contributed by atoms with Gasteiger partial charge in [0, 0.05) is 19.6 Å². The SMILES string of the molecule is CC(C)(O)C(=O)OC1CCOCCCOC1. The molecular weight excluding hydrogens is 212 g/mol. The molecule has 94 valence electrons. The highest BCUT2D eigenvalue weighted by atomic mass is 16.6. The molecule has 0 bridgehead atoms. The van der Waals surface area contributed by atoms with E-state index in [-0.39, 0.29) is 6.10 Å². The quantitative estimate of drug-likeness (QED) is 0.702. The summed E-state index contributed by atoms with van der Waals surface area (Å²) in [5, 5.41) is 9.45. The summed E-state index contributed by atoms with van der Waals surface area (Å²) in [6.45, 7) is 5.00. The van der Waals surface area contributed by atoms with Gasteiger partial charge in [0.1, 0.15) is 6.10 Å². The Hall–Kier alpha value is -0.650. The first-order valence-corrected chi connectivity index (χ1v) is 5.59. The molecule has 0 saturated carbocycles. The van der Waals surface area contributed by atoms with Crippen molar-refractivity contribution in [2.24, 2.45) is 0 Å². The van der Waals surface area contributed by atoms with Crippen molar-refractivity contribution in [3.63, 3.8) is 0 Å². The number of esters is 1. The minimum atomic E-state index is -1.46. The highest BCUT2D eigenvalue weighted by molar-refractivity contribution is 5.78. The van der Waals surface area contributed by atoms with Crippen molar-refractivity contribution in [1.29, 1.82) is 0 Å². The van der Waals surface area contributed by atoms with Crippen LogP contribution < -0.4 is 0 Å². The Morgan fingerprint density at radius 3 is 2.69 bits per heavy atom. The molecule has 1 fully saturated rings. The maximum atomic E-state index is 11.4. The second-order valence-corrected chi connectivity index (χ2v) is 4.42. The molecule has 5 nitrogen and oxygen atoms in total. The first kappa shape index (κ1) is 13.4. The summed E-state index contributed by atoms with van der Waals surface area (Å²) in [6, 6.07) is 0. The van der Waals surface area contributed by atoms with E-state index in [1.165, 1.54) is 13.8 Å². The van der Waals surface area contributed by atoms with Gasteiger partial charge in [-0.2, -0.15) is 0 Å². The number of rotatable bonds is 2. The van der Waals surface area contributed by atoms with Crippen molar-refractivity contribution < 1.29 is 24.1 Å². The molecule has 0 aliphatic carbocycles. The fraction of sp³-hybridized carbons (Fsp3) is 0.909. The third-order valence-corrected chi connectivity index (χ3v) is 2.24. The maximum absolute atomic E-state index is 11.4. The molecule has 1 unspecified atom stereocenters. The van der Waals surface area contributed by atoms with E-state index in [1.807, 2.05) is 0 Å². The van der Waals surface area contributed by atoms with E-state index in [9.17, 15) is 9.90 Å². The van der Waals surface area contributed by atoms with Crippen LogP contribution in [0.15, 0.2) is 0 Å². The number of ether oxygens (including phenoxy) is 3. The van der Waals surface area contributed by atoms with E-state index in [0.717, 1.165) is 6.42 Å². The van der Waals surface area contributed by atoms with Crippen LogP contribution in [0.5, 0.6) is 0 Å². The molecule has 0 spiro atoms. The summed E-state index contributed by atoms with van der Waals surface area (Å²) in [5.41, 5.74) is -1.46. The maximum Gasteiger partial charge on any atom is 0.337 e. The lowest BCUT2D eigenvalue weighted by molar-refractivity contribution is -0.171. The van der Waals surface area contributed by atoms with E-state index in [2.05, 4.69) is 0 Å². The summed E-state index contributed by atoms with van der Waals surface area (Å²) in [4.78, 5) is 11.4. The number of hydrogen-bond donors (Lipinski definition) is 1. The van der Waals surface area contributed by atoms with Crippen LogP contribution in [0.4, 0.5) is 0 Å². The smallest absolute Gasteiger partial charge is 0.337 e. The molecule has 1 rings (SSSR count). The first-order valence-electron chi connectivity index (χ1n) is 5.59. The predicted molar refractivity (Wildman–Crippen MR) is 57.0 cm³/mol. The fourth-order valence-electron chi connectivity index (χ4n) is 1.27. The van der Waals surface area contributed by atoms with Crippen LogP contribution in [0.1, 0.15) is 26.7 Å². The van der Waals surface area contributed by atoms with Crippen LogP contribution in [0.3, 0.4) is 0 Å². The lowest BCUT2D eigenvalue weighted by atomic mass is 10.1. The highest BCUT2D eigenvalue weighted by Gasteiger charge is 2.28. The summed E-state index contributed by atoms with van der Waals surface area (Å²) in [7, 11) is 0. The average molecular weight is 232 g/mol. The second-order valence-electron chi connectivity index (χ2n) is 4.42. The summed E-state index contributed by atoms with van der Waals surface area (Å²) < 4.78 is 15.8. The van der Waals surface area contributed by atoms with Crippen molar-refractivity contribution >= 4 is 5.97 Å². The lowest BCUT2D eigenvalue weighted by Gasteiger charge is -2.22. The standard InChI is InChI=1S/C11H20O5/c1-11(2,13)10(12)16-9-4-7-14-5-3-6-15-8-9/h9,13H,3-8H2,1-2H3. The number of carbonyl (C=O) groups is 1. The van der Waals surface area contributed by atoms with Crippen molar-refractivity contribution in [2.75, 3.05) is 26.4 Å². The van der Waals surface area contributed by atoms with Crippen molar-refractivity contribution in [3.05, 3.63) is 0 Å². The zero-order chi connectivity index (χ0) is 12.0. The molecule has 0 amide bonds. The highest BCUT2D eigenvalue weighted by Crippen LogP contribution is 2.10. The average Bonchev–Trinajstić information content (AvgIpc) is 2.30.